The number of likely N-dealkylation sites (tertiary alicyclic amines) is 1. The van der Waals surface area contributed by atoms with E-state index in [2.05, 4.69) is 32.8 Å². The Morgan fingerprint density at radius 2 is 1.96 bits per heavy atom. The molecule has 8 nitrogen and oxygen atoms in total. The number of amides is 3. The van der Waals surface area contributed by atoms with Crippen LogP contribution in [0.1, 0.15) is 52.4 Å². The molecular formula is C20H35N5O3. The third-order valence-electron chi connectivity index (χ3n) is 6.64. The fourth-order valence-corrected chi connectivity index (χ4v) is 4.75. The van der Waals surface area contributed by atoms with Gasteiger partial charge in [0.1, 0.15) is 5.54 Å². The maximum Gasteiger partial charge on any atom is 0.322 e. The van der Waals surface area contributed by atoms with E-state index in [1.807, 2.05) is 6.92 Å². The summed E-state index contributed by atoms with van der Waals surface area (Å²) < 4.78 is 6.08. The number of imide groups is 1. The Hall–Kier alpha value is -1.83. The molecule has 3 fully saturated rings. The average Bonchev–Trinajstić information content (AvgIpc) is 2.96. The van der Waals surface area contributed by atoms with Crippen LogP contribution < -0.4 is 16.0 Å². The molecule has 3 aliphatic rings. The Morgan fingerprint density at radius 1 is 1.25 bits per heavy atom. The summed E-state index contributed by atoms with van der Waals surface area (Å²) in [5.41, 5.74) is -0.801. The molecule has 1 saturated carbocycles. The predicted octanol–water partition coefficient (Wildman–Crippen LogP) is 1.47. The van der Waals surface area contributed by atoms with Gasteiger partial charge in [-0.05, 0) is 44.4 Å². The maximum absolute atomic E-state index is 12.1. The van der Waals surface area contributed by atoms with Gasteiger partial charge in [0.2, 0.25) is 0 Å². The zero-order valence-corrected chi connectivity index (χ0v) is 17.4. The van der Waals surface area contributed by atoms with Gasteiger partial charge < -0.3 is 20.3 Å². The van der Waals surface area contributed by atoms with E-state index in [0.717, 1.165) is 38.4 Å². The van der Waals surface area contributed by atoms with Crippen LogP contribution in [0.2, 0.25) is 0 Å². The van der Waals surface area contributed by atoms with Crippen LogP contribution in [0.3, 0.4) is 0 Å². The number of carbonyl (C=O) groups is 2. The summed E-state index contributed by atoms with van der Waals surface area (Å²) >= 11 is 0. The highest BCUT2D eigenvalue weighted by Gasteiger charge is 2.48. The lowest BCUT2D eigenvalue weighted by molar-refractivity contribution is -0.125. The van der Waals surface area contributed by atoms with Gasteiger partial charge in [-0.2, -0.15) is 0 Å². The molecule has 2 saturated heterocycles. The minimum absolute atomic E-state index is 0.129. The van der Waals surface area contributed by atoms with Gasteiger partial charge in [0.25, 0.3) is 5.91 Å². The molecular weight excluding hydrogens is 358 g/mol. The van der Waals surface area contributed by atoms with E-state index in [4.69, 9.17) is 4.74 Å². The lowest BCUT2D eigenvalue weighted by Gasteiger charge is -2.39. The van der Waals surface area contributed by atoms with Crippen molar-refractivity contribution in [3.63, 3.8) is 0 Å². The number of guanidine groups is 1. The molecule has 2 heterocycles. The first-order chi connectivity index (χ1) is 13.4. The van der Waals surface area contributed by atoms with Crippen molar-refractivity contribution in [2.24, 2.45) is 16.8 Å². The van der Waals surface area contributed by atoms with Crippen molar-refractivity contribution in [3.8, 4) is 0 Å². The number of hydrogen-bond acceptors (Lipinski definition) is 4. The van der Waals surface area contributed by atoms with E-state index in [9.17, 15) is 9.59 Å². The number of urea groups is 1. The summed E-state index contributed by atoms with van der Waals surface area (Å²) in [6, 6.07) is -0.389. The Bertz CT molecular complexity index is 603. The SMILES string of the molecule is CN=C(NCCOC1CCCCC1C)N1CCC(C2(C)NC(=O)NC2=O)CC1. The number of rotatable bonds is 5. The lowest BCUT2D eigenvalue weighted by Crippen LogP contribution is -2.55. The third-order valence-corrected chi connectivity index (χ3v) is 6.64. The molecule has 2 aliphatic heterocycles. The van der Waals surface area contributed by atoms with Crippen molar-refractivity contribution in [1.82, 2.24) is 20.9 Å². The minimum atomic E-state index is -0.801. The summed E-state index contributed by atoms with van der Waals surface area (Å²) in [7, 11) is 1.80. The number of hydrogen-bond donors (Lipinski definition) is 3. The first kappa shape index (κ1) is 20.9. The average molecular weight is 394 g/mol. The zero-order valence-electron chi connectivity index (χ0n) is 17.4. The van der Waals surface area contributed by atoms with Crippen LogP contribution in [-0.2, 0) is 9.53 Å². The molecule has 8 heteroatoms. The molecule has 3 unspecified atom stereocenters. The van der Waals surface area contributed by atoms with Crippen LogP contribution in [0.4, 0.5) is 4.79 Å². The van der Waals surface area contributed by atoms with Gasteiger partial charge >= 0.3 is 6.03 Å². The van der Waals surface area contributed by atoms with Crippen LogP contribution in [0, 0.1) is 11.8 Å². The molecule has 28 heavy (non-hydrogen) atoms. The minimum Gasteiger partial charge on any atom is -0.376 e. The van der Waals surface area contributed by atoms with Crippen molar-refractivity contribution in [3.05, 3.63) is 0 Å². The summed E-state index contributed by atoms with van der Waals surface area (Å²) in [5.74, 6) is 1.45. The van der Waals surface area contributed by atoms with Crippen molar-refractivity contribution < 1.29 is 14.3 Å². The van der Waals surface area contributed by atoms with Crippen LogP contribution in [0.15, 0.2) is 4.99 Å². The van der Waals surface area contributed by atoms with E-state index in [1.165, 1.54) is 25.7 Å². The van der Waals surface area contributed by atoms with E-state index in [-0.39, 0.29) is 17.9 Å². The summed E-state index contributed by atoms with van der Waals surface area (Å²) in [5, 5.41) is 8.57. The van der Waals surface area contributed by atoms with Crippen molar-refractivity contribution >= 4 is 17.9 Å². The van der Waals surface area contributed by atoms with E-state index >= 15 is 0 Å². The largest absolute Gasteiger partial charge is 0.376 e. The van der Waals surface area contributed by atoms with Gasteiger partial charge in [-0.1, -0.05) is 19.8 Å². The first-order valence-electron chi connectivity index (χ1n) is 10.6. The molecule has 3 atom stereocenters. The number of ether oxygens (including phenoxy) is 1. The number of nitrogens with zero attached hydrogens (tertiary/aromatic N) is 2. The fourth-order valence-electron chi connectivity index (χ4n) is 4.75. The number of piperidine rings is 1. The normalized spacial score (nSPS) is 32.2. The number of carbonyl (C=O) groups excluding carboxylic acids is 2. The highest BCUT2D eigenvalue weighted by atomic mass is 16.5. The quantitative estimate of drug-likeness (QED) is 0.285. The van der Waals surface area contributed by atoms with Crippen molar-refractivity contribution in [1.29, 1.82) is 0 Å². The van der Waals surface area contributed by atoms with E-state index in [0.29, 0.717) is 18.6 Å². The Kier molecular flexibility index (Phi) is 6.80. The molecule has 3 N–H and O–H groups in total. The van der Waals surface area contributed by atoms with Crippen LogP contribution in [0.25, 0.3) is 0 Å². The first-order valence-corrected chi connectivity index (χ1v) is 10.6. The zero-order chi connectivity index (χ0) is 20.1. The predicted molar refractivity (Wildman–Crippen MR) is 108 cm³/mol. The molecule has 0 bridgehead atoms. The molecule has 158 valence electrons. The molecule has 3 amide bonds. The van der Waals surface area contributed by atoms with Gasteiger partial charge in [0.15, 0.2) is 5.96 Å². The Morgan fingerprint density at radius 3 is 2.57 bits per heavy atom. The fraction of sp³-hybridized carbons (Fsp3) is 0.850. The topological polar surface area (TPSA) is 95.1 Å². The highest BCUT2D eigenvalue weighted by molar-refractivity contribution is 6.07. The second-order valence-electron chi connectivity index (χ2n) is 8.52. The smallest absolute Gasteiger partial charge is 0.322 e. The Labute approximate surface area is 167 Å². The van der Waals surface area contributed by atoms with E-state index < -0.39 is 5.54 Å². The molecule has 1 aliphatic carbocycles. The van der Waals surface area contributed by atoms with E-state index in [1.54, 1.807) is 7.05 Å². The second-order valence-corrected chi connectivity index (χ2v) is 8.52. The lowest BCUT2D eigenvalue weighted by atomic mass is 9.79. The molecule has 3 rings (SSSR count). The summed E-state index contributed by atoms with van der Waals surface area (Å²) in [4.78, 5) is 30.3. The summed E-state index contributed by atoms with van der Waals surface area (Å²) in [6.45, 7) is 7.16. The van der Waals surface area contributed by atoms with Crippen LogP contribution in [0.5, 0.6) is 0 Å². The molecule has 0 aromatic rings. The van der Waals surface area contributed by atoms with Gasteiger partial charge in [-0.15, -0.1) is 0 Å². The van der Waals surface area contributed by atoms with Crippen LogP contribution >= 0.6 is 0 Å². The van der Waals surface area contributed by atoms with Gasteiger partial charge in [-0.25, -0.2) is 4.79 Å². The number of nitrogens with one attached hydrogen (secondary N) is 3. The molecule has 0 aromatic carbocycles. The molecule has 0 radical (unpaired) electrons. The van der Waals surface area contributed by atoms with Crippen molar-refractivity contribution in [2.45, 2.75) is 64.0 Å². The van der Waals surface area contributed by atoms with Crippen molar-refractivity contribution in [2.75, 3.05) is 33.3 Å². The highest BCUT2D eigenvalue weighted by Crippen LogP contribution is 2.30. The van der Waals surface area contributed by atoms with Gasteiger partial charge in [0.05, 0.1) is 12.7 Å². The monoisotopic (exact) mass is 393 g/mol. The summed E-state index contributed by atoms with van der Waals surface area (Å²) in [6.07, 6.45) is 7.10. The standard InChI is InChI=1S/C20H35N5O3/c1-14-6-4-5-7-16(14)28-13-10-22-18(21-3)25-11-8-15(9-12-25)20(2)17(26)23-19(27)24-20/h14-16H,4-13H2,1-3H3,(H,21,22)(H2,23,24,26,27). The van der Waals surface area contributed by atoms with Crippen LogP contribution in [-0.4, -0.2) is 67.7 Å². The third kappa shape index (κ3) is 4.59. The van der Waals surface area contributed by atoms with Gasteiger partial charge in [0, 0.05) is 26.7 Å². The van der Waals surface area contributed by atoms with Gasteiger partial charge in [-0.3, -0.25) is 15.1 Å². The maximum atomic E-state index is 12.1. The number of aliphatic imine (C=N–C) groups is 1. The Balaban J connectivity index is 1.41. The molecule has 0 aromatic heterocycles. The second kappa shape index (κ2) is 9.11. The molecule has 0 spiro atoms.